The lowest BCUT2D eigenvalue weighted by Crippen LogP contribution is -2.47. The average molecular weight is 503 g/mol. The molecule has 3 aliphatic rings. The van der Waals surface area contributed by atoms with Gasteiger partial charge in [0.2, 0.25) is 11.8 Å². The molecular formula is C27H38N2O7. The number of nitrogens with zero attached hydrogens (tertiary/aromatic N) is 1. The molecule has 5 atom stereocenters. The highest BCUT2D eigenvalue weighted by atomic mass is 16.5. The Bertz CT molecular complexity index is 1030. The second-order valence-electron chi connectivity index (χ2n) is 11.4. The number of hydrogen-bond acceptors (Lipinski definition) is 7. The van der Waals surface area contributed by atoms with E-state index < -0.39 is 29.9 Å². The van der Waals surface area contributed by atoms with Crippen LogP contribution < -0.4 is 5.32 Å². The van der Waals surface area contributed by atoms with E-state index in [4.69, 9.17) is 4.74 Å². The molecule has 198 valence electrons. The predicted molar refractivity (Wildman–Crippen MR) is 131 cm³/mol. The van der Waals surface area contributed by atoms with E-state index in [1.54, 1.807) is 0 Å². The van der Waals surface area contributed by atoms with Gasteiger partial charge in [-0.1, -0.05) is 26.8 Å². The van der Waals surface area contributed by atoms with E-state index in [1.165, 1.54) is 35.9 Å². The average Bonchev–Trinajstić information content (AvgIpc) is 3.25. The Morgan fingerprint density at radius 1 is 1.17 bits per heavy atom. The summed E-state index contributed by atoms with van der Waals surface area (Å²) in [5.41, 5.74) is 1.23. The fourth-order valence-electron chi connectivity index (χ4n) is 6.78. The van der Waals surface area contributed by atoms with E-state index in [0.717, 1.165) is 6.42 Å². The topological polar surface area (TPSA) is 136 Å². The number of fused-ring (bicyclic) bond motifs is 1. The zero-order valence-corrected chi connectivity index (χ0v) is 21.3. The summed E-state index contributed by atoms with van der Waals surface area (Å²) in [5, 5.41) is 31.5. The summed E-state index contributed by atoms with van der Waals surface area (Å²) in [6, 6.07) is 3.36. The number of ether oxygens (including phenoxy) is 1. The molecule has 2 amide bonds. The van der Waals surface area contributed by atoms with Gasteiger partial charge in [0.05, 0.1) is 13.2 Å². The molecule has 36 heavy (non-hydrogen) atoms. The monoisotopic (exact) mass is 502 g/mol. The van der Waals surface area contributed by atoms with Gasteiger partial charge < -0.3 is 30.3 Å². The van der Waals surface area contributed by atoms with Crippen LogP contribution in [-0.4, -0.2) is 69.8 Å². The van der Waals surface area contributed by atoms with Crippen LogP contribution in [0.15, 0.2) is 18.2 Å². The molecule has 4 N–H and O–H groups in total. The van der Waals surface area contributed by atoms with Crippen molar-refractivity contribution in [2.45, 2.75) is 71.4 Å². The Labute approximate surface area is 211 Å². The van der Waals surface area contributed by atoms with Crippen molar-refractivity contribution in [3.8, 4) is 11.5 Å². The number of esters is 1. The minimum absolute atomic E-state index is 0.0925. The van der Waals surface area contributed by atoms with Crippen molar-refractivity contribution in [2.75, 3.05) is 19.7 Å². The third kappa shape index (κ3) is 4.90. The molecule has 2 aliphatic carbocycles. The summed E-state index contributed by atoms with van der Waals surface area (Å²) in [4.78, 5) is 39.2. The van der Waals surface area contributed by atoms with Gasteiger partial charge in [0, 0.05) is 13.0 Å². The highest BCUT2D eigenvalue weighted by Crippen LogP contribution is 2.78. The fraction of sp³-hybridized carbons (Fsp3) is 0.667. The highest BCUT2D eigenvalue weighted by Gasteiger charge is 2.72. The number of rotatable bonds is 9. The number of hydrogen-bond donors (Lipinski definition) is 4. The van der Waals surface area contributed by atoms with Crippen LogP contribution in [0.5, 0.6) is 11.5 Å². The van der Waals surface area contributed by atoms with Gasteiger partial charge in [0.1, 0.15) is 12.1 Å². The van der Waals surface area contributed by atoms with E-state index in [0.29, 0.717) is 54.2 Å². The summed E-state index contributed by atoms with van der Waals surface area (Å²) < 4.78 is 5.59. The van der Waals surface area contributed by atoms with Crippen molar-refractivity contribution in [2.24, 2.45) is 22.7 Å². The van der Waals surface area contributed by atoms with Crippen LogP contribution >= 0.6 is 0 Å². The molecule has 1 heterocycles. The van der Waals surface area contributed by atoms with Crippen LogP contribution in [0.1, 0.15) is 58.4 Å². The Balaban J connectivity index is 1.20. The van der Waals surface area contributed by atoms with E-state index in [1.807, 2.05) is 0 Å². The van der Waals surface area contributed by atoms with Crippen molar-refractivity contribution < 1.29 is 34.4 Å². The number of aliphatic hydroxyl groups is 1. The molecule has 0 radical (unpaired) electrons. The molecule has 1 aromatic carbocycles. The molecule has 1 aliphatic heterocycles. The molecule has 4 rings (SSSR count). The molecule has 1 aromatic rings. The highest BCUT2D eigenvalue weighted by molar-refractivity contribution is 5.90. The van der Waals surface area contributed by atoms with Crippen molar-refractivity contribution in [3.63, 3.8) is 0 Å². The van der Waals surface area contributed by atoms with Gasteiger partial charge >= 0.3 is 5.97 Å². The largest absolute Gasteiger partial charge is 0.504 e. The number of aliphatic hydroxyl groups excluding tert-OH is 1. The molecule has 0 spiro atoms. The first-order chi connectivity index (χ1) is 17.0. The standard InChI is InChI=1S/C27H38N2O7/c1-26(2)23-17(8-10-27(23,26)3)9-12-36-25(35)18-5-4-11-29(18)22(33)15-28-24(34)21(32)14-16-6-7-19(30)20(31)13-16/h6-7,13,17-18,21,23,30-32H,4-5,8-12,14-15H2,1-3H3,(H,28,34). The van der Waals surface area contributed by atoms with Gasteiger partial charge in [-0.25, -0.2) is 4.79 Å². The number of phenols is 2. The van der Waals surface area contributed by atoms with Crippen LogP contribution in [0, 0.1) is 22.7 Å². The molecule has 9 heteroatoms. The lowest BCUT2D eigenvalue weighted by atomic mass is 9.88. The number of nitrogens with one attached hydrogen (secondary N) is 1. The summed E-state index contributed by atoms with van der Waals surface area (Å²) in [5.74, 6) is -0.909. The quantitative estimate of drug-likeness (QED) is 0.300. The van der Waals surface area contributed by atoms with Crippen molar-refractivity contribution in [1.29, 1.82) is 0 Å². The smallest absolute Gasteiger partial charge is 0.328 e. The van der Waals surface area contributed by atoms with Crippen LogP contribution in [0.3, 0.4) is 0 Å². The maximum Gasteiger partial charge on any atom is 0.328 e. The Morgan fingerprint density at radius 2 is 1.92 bits per heavy atom. The molecule has 3 fully saturated rings. The van der Waals surface area contributed by atoms with Crippen molar-refractivity contribution >= 4 is 17.8 Å². The van der Waals surface area contributed by atoms with E-state index in [-0.39, 0.29) is 24.5 Å². The van der Waals surface area contributed by atoms with Crippen LogP contribution in [0.2, 0.25) is 0 Å². The Morgan fingerprint density at radius 3 is 2.58 bits per heavy atom. The lowest BCUT2D eigenvalue weighted by Gasteiger charge is -2.24. The van der Waals surface area contributed by atoms with E-state index >= 15 is 0 Å². The molecule has 9 nitrogen and oxygen atoms in total. The van der Waals surface area contributed by atoms with E-state index in [9.17, 15) is 29.7 Å². The number of likely N-dealkylation sites (tertiary alicyclic amines) is 1. The number of benzene rings is 1. The first kappa shape index (κ1) is 26.3. The predicted octanol–water partition coefficient (Wildman–Crippen LogP) is 2.11. The number of aromatic hydroxyl groups is 2. The third-order valence-electron chi connectivity index (χ3n) is 9.12. The Hall–Kier alpha value is -2.81. The minimum Gasteiger partial charge on any atom is -0.504 e. The summed E-state index contributed by atoms with van der Waals surface area (Å²) in [6.45, 7) is 7.46. The molecule has 0 aromatic heterocycles. The second kappa shape index (κ2) is 9.92. The van der Waals surface area contributed by atoms with Crippen LogP contribution in [0.25, 0.3) is 0 Å². The SMILES string of the molecule is CC1(C)C2C(CCOC(=O)C3CCCN3C(=O)CNC(=O)C(O)Cc3ccc(O)c(O)c3)CCC21C. The van der Waals surface area contributed by atoms with Gasteiger partial charge in [-0.05, 0) is 72.5 Å². The number of carbonyl (C=O) groups is 3. The van der Waals surface area contributed by atoms with Crippen molar-refractivity contribution in [1.82, 2.24) is 10.2 Å². The maximum absolute atomic E-state index is 12.7. The maximum atomic E-state index is 12.7. The van der Waals surface area contributed by atoms with Crippen molar-refractivity contribution in [3.05, 3.63) is 23.8 Å². The number of carbonyl (C=O) groups excluding carboxylic acids is 3. The summed E-state index contributed by atoms with van der Waals surface area (Å²) in [6.07, 6.45) is 2.94. The lowest BCUT2D eigenvalue weighted by molar-refractivity contribution is -0.153. The minimum atomic E-state index is -1.44. The molecule has 0 bridgehead atoms. The first-order valence-corrected chi connectivity index (χ1v) is 12.9. The molecule has 5 unspecified atom stereocenters. The molecule has 1 saturated heterocycles. The first-order valence-electron chi connectivity index (χ1n) is 12.9. The molecular weight excluding hydrogens is 464 g/mol. The molecule has 2 saturated carbocycles. The number of phenolic OH excluding ortho intramolecular Hbond substituents is 2. The van der Waals surface area contributed by atoms with Gasteiger partial charge in [-0.15, -0.1) is 0 Å². The summed E-state index contributed by atoms with van der Waals surface area (Å²) >= 11 is 0. The zero-order chi connectivity index (χ0) is 26.3. The fourth-order valence-corrected chi connectivity index (χ4v) is 6.78. The van der Waals surface area contributed by atoms with Gasteiger partial charge in [-0.3, -0.25) is 9.59 Å². The van der Waals surface area contributed by atoms with Gasteiger partial charge in [0.25, 0.3) is 0 Å². The van der Waals surface area contributed by atoms with Crippen LogP contribution in [-0.2, 0) is 25.5 Å². The van der Waals surface area contributed by atoms with Gasteiger partial charge in [0.15, 0.2) is 11.5 Å². The zero-order valence-electron chi connectivity index (χ0n) is 21.3. The Kier molecular flexibility index (Phi) is 7.23. The third-order valence-corrected chi connectivity index (χ3v) is 9.12. The van der Waals surface area contributed by atoms with E-state index in [2.05, 4.69) is 26.1 Å². The van der Waals surface area contributed by atoms with Crippen LogP contribution in [0.4, 0.5) is 0 Å². The number of amides is 2. The summed E-state index contributed by atoms with van der Waals surface area (Å²) in [7, 11) is 0. The normalized spacial score (nSPS) is 28.9. The van der Waals surface area contributed by atoms with Gasteiger partial charge in [-0.2, -0.15) is 0 Å². The second-order valence-corrected chi connectivity index (χ2v) is 11.4.